The van der Waals surface area contributed by atoms with Crippen LogP contribution in [0.15, 0.2) is 0 Å². The molecule has 2 aliphatic rings. The van der Waals surface area contributed by atoms with Gasteiger partial charge in [-0.1, -0.05) is 12.8 Å². The number of amides is 1. The maximum atomic E-state index is 11.6. The maximum absolute atomic E-state index is 11.6. The van der Waals surface area contributed by atoms with Crippen molar-refractivity contribution in [1.29, 1.82) is 0 Å². The number of nitrogens with two attached hydrogens (primary N) is 1. The minimum absolute atomic E-state index is 0. The zero-order chi connectivity index (χ0) is 10.8. The van der Waals surface area contributed by atoms with Gasteiger partial charge in [0.1, 0.15) is 6.04 Å². The second-order valence-corrected chi connectivity index (χ2v) is 4.84. The number of aliphatic hydroxyl groups is 1. The third-order valence-electron chi connectivity index (χ3n) is 3.48. The largest absolute Gasteiger partial charge is 0.391 e. The van der Waals surface area contributed by atoms with E-state index in [0.29, 0.717) is 6.04 Å². The Morgan fingerprint density at radius 2 is 1.81 bits per heavy atom. The maximum Gasteiger partial charge on any atom is 0.239 e. The van der Waals surface area contributed by atoms with E-state index in [0.717, 1.165) is 38.5 Å². The van der Waals surface area contributed by atoms with Crippen LogP contribution in [0.4, 0.5) is 0 Å². The second kappa shape index (κ2) is 5.84. The Morgan fingerprint density at radius 3 is 2.31 bits per heavy atom. The number of rotatable bonds is 4. The molecule has 0 aromatic carbocycles. The fourth-order valence-corrected chi connectivity index (χ4v) is 2.27. The van der Waals surface area contributed by atoms with Crippen LogP contribution in [0.5, 0.6) is 0 Å². The smallest absolute Gasteiger partial charge is 0.239 e. The molecule has 4 nitrogen and oxygen atoms in total. The van der Waals surface area contributed by atoms with Crippen LogP contribution in [-0.4, -0.2) is 29.2 Å². The first-order valence-electron chi connectivity index (χ1n) is 5.92. The minimum atomic E-state index is -0.742. The molecule has 1 amide bonds. The lowest BCUT2D eigenvalue weighted by molar-refractivity contribution is -0.125. The standard InChI is InChI=1S/C11H20N2O2.ClH/c12-9(11(15)13-8-5-6-8)10(14)7-3-1-2-4-7;/h7-10,14H,1-6,12H2,(H,13,15);1H/t9-,10+;/m0./s1. The Bertz CT molecular complexity index is 240. The summed E-state index contributed by atoms with van der Waals surface area (Å²) in [7, 11) is 0. The van der Waals surface area contributed by atoms with E-state index in [1.165, 1.54) is 0 Å². The lowest BCUT2D eigenvalue weighted by atomic mass is 9.94. The molecule has 0 aromatic rings. The molecule has 5 heteroatoms. The molecule has 2 rings (SSSR count). The van der Waals surface area contributed by atoms with Gasteiger partial charge in [0, 0.05) is 6.04 Å². The van der Waals surface area contributed by atoms with E-state index in [4.69, 9.17) is 5.73 Å². The molecule has 0 aliphatic heterocycles. The lowest BCUT2D eigenvalue weighted by Crippen LogP contribution is -2.51. The Kier molecular flexibility index (Phi) is 5.02. The molecule has 2 fully saturated rings. The van der Waals surface area contributed by atoms with Gasteiger partial charge in [0.2, 0.25) is 5.91 Å². The Labute approximate surface area is 102 Å². The second-order valence-electron chi connectivity index (χ2n) is 4.84. The SMILES string of the molecule is Cl.N[C@H](C(=O)NC1CC1)[C@H](O)C1CCCC1. The topological polar surface area (TPSA) is 75.4 Å². The van der Waals surface area contributed by atoms with Gasteiger partial charge >= 0.3 is 0 Å². The van der Waals surface area contributed by atoms with Crippen molar-refractivity contribution in [3.05, 3.63) is 0 Å². The van der Waals surface area contributed by atoms with Gasteiger partial charge in [-0.2, -0.15) is 0 Å². The van der Waals surface area contributed by atoms with Gasteiger partial charge in [0.05, 0.1) is 6.10 Å². The molecule has 0 bridgehead atoms. The highest BCUT2D eigenvalue weighted by Gasteiger charge is 2.34. The molecule has 0 heterocycles. The van der Waals surface area contributed by atoms with Crippen LogP contribution >= 0.6 is 12.4 Å². The van der Waals surface area contributed by atoms with Crippen molar-refractivity contribution < 1.29 is 9.90 Å². The molecular weight excluding hydrogens is 228 g/mol. The van der Waals surface area contributed by atoms with Gasteiger partial charge in [-0.25, -0.2) is 0 Å². The van der Waals surface area contributed by atoms with Gasteiger partial charge in [-0.15, -0.1) is 12.4 Å². The van der Waals surface area contributed by atoms with E-state index in [9.17, 15) is 9.90 Å². The van der Waals surface area contributed by atoms with Crippen LogP contribution in [0.25, 0.3) is 0 Å². The van der Waals surface area contributed by atoms with Gasteiger partial charge in [-0.05, 0) is 31.6 Å². The van der Waals surface area contributed by atoms with E-state index in [1.54, 1.807) is 0 Å². The highest BCUT2D eigenvalue weighted by Crippen LogP contribution is 2.29. The van der Waals surface area contributed by atoms with Gasteiger partial charge in [0.15, 0.2) is 0 Å². The minimum Gasteiger partial charge on any atom is -0.391 e. The molecule has 0 radical (unpaired) electrons. The summed E-state index contributed by atoms with van der Waals surface area (Å²) in [4.78, 5) is 11.6. The summed E-state index contributed by atoms with van der Waals surface area (Å²) in [6.07, 6.45) is 5.76. The Hall–Kier alpha value is -0.320. The molecule has 4 N–H and O–H groups in total. The first kappa shape index (κ1) is 13.7. The van der Waals surface area contributed by atoms with Crippen LogP contribution in [0, 0.1) is 5.92 Å². The summed E-state index contributed by atoms with van der Waals surface area (Å²) in [6.45, 7) is 0. The number of hydrogen-bond acceptors (Lipinski definition) is 3. The predicted octanol–water partition coefficient (Wildman–Crippen LogP) is 0.565. The fourth-order valence-electron chi connectivity index (χ4n) is 2.27. The number of carbonyl (C=O) groups excluding carboxylic acids is 1. The van der Waals surface area contributed by atoms with Crippen molar-refractivity contribution in [1.82, 2.24) is 5.32 Å². The molecule has 16 heavy (non-hydrogen) atoms. The lowest BCUT2D eigenvalue weighted by Gasteiger charge is -2.23. The molecule has 0 aromatic heterocycles. The van der Waals surface area contributed by atoms with E-state index in [2.05, 4.69) is 5.32 Å². The molecule has 2 atom stereocenters. The van der Waals surface area contributed by atoms with Crippen LogP contribution < -0.4 is 11.1 Å². The zero-order valence-corrected chi connectivity index (χ0v) is 10.2. The Morgan fingerprint density at radius 1 is 1.25 bits per heavy atom. The summed E-state index contributed by atoms with van der Waals surface area (Å²) in [6, 6.07) is -0.423. The molecule has 94 valence electrons. The summed E-state index contributed by atoms with van der Waals surface area (Å²) in [5.41, 5.74) is 5.75. The molecule has 2 saturated carbocycles. The number of halogens is 1. The van der Waals surface area contributed by atoms with Crippen molar-refractivity contribution in [2.45, 2.75) is 56.7 Å². The number of carbonyl (C=O) groups is 1. The predicted molar refractivity (Wildman–Crippen MR) is 64.4 cm³/mol. The summed E-state index contributed by atoms with van der Waals surface area (Å²) in [5.74, 6) is 0.0434. The first-order chi connectivity index (χ1) is 7.18. The molecular formula is C11H21ClN2O2. The van der Waals surface area contributed by atoms with Gasteiger partial charge < -0.3 is 16.2 Å². The molecule has 0 unspecified atom stereocenters. The highest BCUT2D eigenvalue weighted by atomic mass is 35.5. The highest BCUT2D eigenvalue weighted by molar-refractivity contribution is 5.85. The summed E-state index contributed by atoms with van der Waals surface area (Å²) >= 11 is 0. The number of nitrogens with one attached hydrogen (secondary N) is 1. The van der Waals surface area contributed by atoms with Crippen molar-refractivity contribution in [2.24, 2.45) is 11.7 Å². The average Bonchev–Trinajstić information content (AvgIpc) is 2.86. The van der Waals surface area contributed by atoms with E-state index >= 15 is 0 Å². The number of hydrogen-bond donors (Lipinski definition) is 3. The summed E-state index contributed by atoms with van der Waals surface area (Å²) < 4.78 is 0. The van der Waals surface area contributed by atoms with Crippen LogP contribution in [-0.2, 0) is 4.79 Å². The zero-order valence-electron chi connectivity index (χ0n) is 9.39. The molecule has 0 spiro atoms. The normalized spacial score (nSPS) is 24.6. The quantitative estimate of drug-likeness (QED) is 0.681. The van der Waals surface area contributed by atoms with E-state index in [-0.39, 0.29) is 24.2 Å². The molecule has 0 saturated heterocycles. The van der Waals surface area contributed by atoms with Crippen LogP contribution in [0.3, 0.4) is 0 Å². The Balaban J connectivity index is 0.00000128. The summed E-state index contributed by atoms with van der Waals surface area (Å²) in [5, 5.41) is 12.8. The van der Waals surface area contributed by atoms with Crippen molar-refractivity contribution in [3.8, 4) is 0 Å². The monoisotopic (exact) mass is 248 g/mol. The molecule has 2 aliphatic carbocycles. The first-order valence-corrected chi connectivity index (χ1v) is 5.92. The van der Waals surface area contributed by atoms with Crippen molar-refractivity contribution in [3.63, 3.8) is 0 Å². The van der Waals surface area contributed by atoms with Gasteiger partial charge in [0.25, 0.3) is 0 Å². The van der Waals surface area contributed by atoms with Crippen molar-refractivity contribution >= 4 is 18.3 Å². The van der Waals surface area contributed by atoms with Crippen molar-refractivity contribution in [2.75, 3.05) is 0 Å². The van der Waals surface area contributed by atoms with Crippen LogP contribution in [0.1, 0.15) is 38.5 Å². The van der Waals surface area contributed by atoms with Crippen LogP contribution in [0.2, 0.25) is 0 Å². The number of aliphatic hydroxyl groups excluding tert-OH is 1. The van der Waals surface area contributed by atoms with E-state index in [1.807, 2.05) is 0 Å². The van der Waals surface area contributed by atoms with Gasteiger partial charge in [-0.3, -0.25) is 4.79 Å². The van der Waals surface area contributed by atoms with E-state index < -0.39 is 12.1 Å². The third kappa shape index (κ3) is 3.34. The fraction of sp³-hybridized carbons (Fsp3) is 0.909. The third-order valence-corrected chi connectivity index (χ3v) is 3.48. The average molecular weight is 249 g/mol.